The third-order valence-corrected chi connectivity index (χ3v) is 4.10. The molecule has 1 atom stereocenters. The van der Waals surface area contributed by atoms with Crippen molar-refractivity contribution in [3.8, 4) is 5.75 Å². The lowest BCUT2D eigenvalue weighted by Gasteiger charge is -2.07. The van der Waals surface area contributed by atoms with Crippen LogP contribution in [-0.2, 0) is 4.74 Å². The number of aromatic nitrogens is 3. The maximum absolute atomic E-state index is 5.73. The van der Waals surface area contributed by atoms with Crippen molar-refractivity contribution in [1.29, 1.82) is 0 Å². The molecule has 3 rings (SSSR count). The van der Waals surface area contributed by atoms with Gasteiger partial charge in [-0.05, 0) is 49.2 Å². The molecule has 1 aromatic carbocycles. The Balaban J connectivity index is 1.75. The second kappa shape index (κ2) is 8.21. The SMILES string of the molecule is CCCCOc1cccc(/C=N\n2c(C3CCCO3)n[nH]c2=S)c1. The van der Waals surface area contributed by atoms with Gasteiger partial charge in [-0.25, -0.2) is 0 Å². The molecule has 1 aromatic heterocycles. The van der Waals surface area contributed by atoms with Crippen LogP contribution in [0.4, 0.5) is 0 Å². The van der Waals surface area contributed by atoms with E-state index in [0.29, 0.717) is 4.77 Å². The third kappa shape index (κ3) is 4.10. The van der Waals surface area contributed by atoms with E-state index in [4.69, 9.17) is 21.7 Å². The molecule has 0 aliphatic carbocycles. The van der Waals surface area contributed by atoms with Gasteiger partial charge in [0.2, 0.25) is 4.77 Å². The van der Waals surface area contributed by atoms with Crippen molar-refractivity contribution in [2.45, 2.75) is 38.7 Å². The van der Waals surface area contributed by atoms with Gasteiger partial charge in [0.15, 0.2) is 5.82 Å². The Morgan fingerprint density at radius 3 is 3.25 bits per heavy atom. The first-order valence-corrected chi connectivity index (χ1v) is 8.75. The monoisotopic (exact) mass is 346 g/mol. The van der Waals surface area contributed by atoms with Gasteiger partial charge in [0.25, 0.3) is 0 Å². The van der Waals surface area contributed by atoms with Crippen LogP contribution in [0.3, 0.4) is 0 Å². The lowest BCUT2D eigenvalue weighted by molar-refractivity contribution is 0.102. The molecule has 0 bridgehead atoms. The highest BCUT2D eigenvalue weighted by Gasteiger charge is 2.23. The summed E-state index contributed by atoms with van der Waals surface area (Å²) in [5, 5.41) is 11.5. The zero-order valence-electron chi connectivity index (χ0n) is 13.8. The van der Waals surface area contributed by atoms with Gasteiger partial charge in [0, 0.05) is 6.61 Å². The largest absolute Gasteiger partial charge is 0.494 e. The minimum atomic E-state index is -0.0428. The number of H-pyrrole nitrogens is 1. The maximum atomic E-state index is 5.73. The van der Waals surface area contributed by atoms with E-state index in [1.807, 2.05) is 24.3 Å². The summed E-state index contributed by atoms with van der Waals surface area (Å²) in [5.41, 5.74) is 0.949. The molecule has 2 heterocycles. The van der Waals surface area contributed by atoms with Crippen molar-refractivity contribution in [2.24, 2.45) is 5.10 Å². The van der Waals surface area contributed by atoms with Crippen LogP contribution in [0.25, 0.3) is 0 Å². The smallest absolute Gasteiger partial charge is 0.216 e. The Morgan fingerprint density at radius 1 is 1.54 bits per heavy atom. The lowest BCUT2D eigenvalue weighted by atomic mass is 10.2. The summed E-state index contributed by atoms with van der Waals surface area (Å²) in [6.45, 7) is 3.63. The van der Waals surface area contributed by atoms with Gasteiger partial charge < -0.3 is 9.47 Å². The number of rotatable bonds is 7. The second-order valence-corrected chi connectivity index (χ2v) is 6.11. The highest BCUT2D eigenvalue weighted by molar-refractivity contribution is 7.71. The molecule has 2 aromatic rings. The molecule has 1 fully saturated rings. The van der Waals surface area contributed by atoms with Gasteiger partial charge in [0.05, 0.1) is 12.8 Å². The number of aromatic amines is 1. The van der Waals surface area contributed by atoms with E-state index in [0.717, 1.165) is 56.0 Å². The van der Waals surface area contributed by atoms with Gasteiger partial charge in [0.1, 0.15) is 11.9 Å². The Morgan fingerprint density at radius 2 is 2.46 bits per heavy atom. The molecular weight excluding hydrogens is 324 g/mol. The molecular formula is C17H22N4O2S. The van der Waals surface area contributed by atoms with Gasteiger partial charge >= 0.3 is 0 Å². The van der Waals surface area contributed by atoms with Crippen LogP contribution in [0.15, 0.2) is 29.4 Å². The third-order valence-electron chi connectivity index (χ3n) is 3.84. The molecule has 6 nitrogen and oxygen atoms in total. The van der Waals surface area contributed by atoms with E-state index in [-0.39, 0.29) is 6.10 Å². The number of nitrogens with one attached hydrogen (secondary N) is 1. The zero-order valence-corrected chi connectivity index (χ0v) is 14.6. The summed E-state index contributed by atoms with van der Waals surface area (Å²) in [6, 6.07) is 7.85. The summed E-state index contributed by atoms with van der Waals surface area (Å²) in [5.74, 6) is 1.58. The van der Waals surface area contributed by atoms with Crippen LogP contribution in [0.2, 0.25) is 0 Å². The molecule has 0 spiro atoms. The van der Waals surface area contributed by atoms with Crippen LogP contribution in [0.1, 0.15) is 50.1 Å². The summed E-state index contributed by atoms with van der Waals surface area (Å²) >= 11 is 5.27. The predicted molar refractivity (Wildman–Crippen MR) is 95.2 cm³/mol. The number of hydrogen-bond acceptors (Lipinski definition) is 5. The van der Waals surface area contributed by atoms with Crippen molar-refractivity contribution < 1.29 is 9.47 Å². The number of nitrogens with zero attached hydrogens (tertiary/aromatic N) is 3. The van der Waals surface area contributed by atoms with Crippen molar-refractivity contribution in [3.05, 3.63) is 40.4 Å². The second-order valence-electron chi connectivity index (χ2n) is 5.72. The molecule has 1 saturated heterocycles. The minimum absolute atomic E-state index is 0.0428. The van der Waals surface area contributed by atoms with Crippen LogP contribution in [0.5, 0.6) is 5.75 Å². The highest BCUT2D eigenvalue weighted by atomic mass is 32.1. The maximum Gasteiger partial charge on any atom is 0.216 e. The quantitative estimate of drug-likeness (QED) is 0.470. The number of hydrogen-bond donors (Lipinski definition) is 1. The fraction of sp³-hybridized carbons (Fsp3) is 0.471. The Bertz CT molecular complexity index is 747. The summed E-state index contributed by atoms with van der Waals surface area (Å²) in [4.78, 5) is 0. The van der Waals surface area contributed by atoms with Gasteiger partial charge in [-0.1, -0.05) is 25.5 Å². The number of benzene rings is 1. The van der Waals surface area contributed by atoms with E-state index in [9.17, 15) is 0 Å². The number of ether oxygens (including phenoxy) is 2. The average molecular weight is 346 g/mol. The summed E-state index contributed by atoms with van der Waals surface area (Å²) in [6.07, 6.45) is 5.86. The fourth-order valence-electron chi connectivity index (χ4n) is 2.55. The van der Waals surface area contributed by atoms with Crippen LogP contribution in [-0.4, -0.2) is 34.3 Å². The molecule has 1 aliphatic rings. The van der Waals surface area contributed by atoms with E-state index >= 15 is 0 Å². The van der Waals surface area contributed by atoms with E-state index in [1.165, 1.54) is 0 Å². The zero-order chi connectivity index (χ0) is 16.8. The molecule has 0 radical (unpaired) electrons. The molecule has 0 saturated carbocycles. The first-order chi connectivity index (χ1) is 11.8. The Kier molecular flexibility index (Phi) is 5.77. The lowest BCUT2D eigenvalue weighted by Crippen LogP contribution is -2.05. The fourth-order valence-corrected chi connectivity index (χ4v) is 2.73. The van der Waals surface area contributed by atoms with Crippen LogP contribution >= 0.6 is 12.2 Å². The predicted octanol–water partition coefficient (Wildman–Crippen LogP) is 3.85. The standard InChI is InChI=1S/C17H22N4O2S/c1-2-3-9-22-14-7-4-6-13(11-14)12-18-21-16(19-20-17(21)24)15-8-5-10-23-15/h4,6-7,11-12,15H,2-3,5,8-10H2,1H3,(H,20,24)/b18-12-. The summed E-state index contributed by atoms with van der Waals surface area (Å²) < 4.78 is 13.5. The van der Waals surface area contributed by atoms with Crippen molar-refractivity contribution >= 4 is 18.4 Å². The van der Waals surface area contributed by atoms with Crippen LogP contribution in [0, 0.1) is 4.77 Å². The molecule has 0 amide bonds. The Labute approximate surface area is 146 Å². The molecule has 128 valence electrons. The van der Waals surface area contributed by atoms with E-state index < -0.39 is 0 Å². The minimum Gasteiger partial charge on any atom is -0.494 e. The molecule has 7 heteroatoms. The first kappa shape index (κ1) is 16.9. The average Bonchev–Trinajstić information content (AvgIpc) is 3.23. The van der Waals surface area contributed by atoms with E-state index in [2.05, 4.69) is 22.2 Å². The van der Waals surface area contributed by atoms with E-state index in [1.54, 1.807) is 10.9 Å². The highest BCUT2D eigenvalue weighted by Crippen LogP contribution is 2.27. The van der Waals surface area contributed by atoms with Crippen molar-refractivity contribution in [2.75, 3.05) is 13.2 Å². The van der Waals surface area contributed by atoms with Crippen LogP contribution < -0.4 is 4.74 Å². The topological polar surface area (TPSA) is 64.4 Å². The molecule has 1 unspecified atom stereocenters. The van der Waals surface area contributed by atoms with Gasteiger partial charge in [-0.3, -0.25) is 5.10 Å². The normalized spacial score (nSPS) is 17.6. The van der Waals surface area contributed by atoms with Crippen molar-refractivity contribution in [1.82, 2.24) is 14.9 Å². The molecule has 24 heavy (non-hydrogen) atoms. The van der Waals surface area contributed by atoms with Gasteiger partial charge in [-0.15, -0.1) is 0 Å². The Hall–Kier alpha value is -1.99. The van der Waals surface area contributed by atoms with Crippen molar-refractivity contribution in [3.63, 3.8) is 0 Å². The molecule has 1 N–H and O–H groups in total. The summed E-state index contributed by atoms with van der Waals surface area (Å²) in [7, 11) is 0. The first-order valence-electron chi connectivity index (χ1n) is 8.34. The molecule has 1 aliphatic heterocycles. The van der Waals surface area contributed by atoms with Gasteiger partial charge in [-0.2, -0.15) is 14.9 Å². The number of unbranched alkanes of at least 4 members (excludes halogenated alkanes) is 1.